The molecule has 1 aliphatic heterocycles. The van der Waals surface area contributed by atoms with Gasteiger partial charge in [-0.15, -0.1) is 0 Å². The van der Waals surface area contributed by atoms with E-state index in [-0.39, 0.29) is 11.8 Å². The minimum atomic E-state index is 0.198. The quantitative estimate of drug-likeness (QED) is 0.841. The summed E-state index contributed by atoms with van der Waals surface area (Å²) in [6, 6.07) is 8.67. The molecule has 1 saturated heterocycles. The van der Waals surface area contributed by atoms with Gasteiger partial charge in [-0.05, 0) is 66.2 Å². The van der Waals surface area contributed by atoms with Gasteiger partial charge < -0.3 is 5.32 Å². The fourth-order valence-electron chi connectivity index (χ4n) is 2.41. The Morgan fingerprint density at radius 3 is 2.50 bits per heavy atom. The van der Waals surface area contributed by atoms with Gasteiger partial charge in [0.05, 0.1) is 0 Å². The lowest BCUT2D eigenvalue weighted by Gasteiger charge is -2.31. The number of nitrogens with one attached hydrogen (secondary N) is 1. The molecule has 0 aliphatic carbocycles. The van der Waals surface area contributed by atoms with Crippen LogP contribution < -0.4 is 5.32 Å². The molecule has 0 atom stereocenters. The van der Waals surface area contributed by atoms with Gasteiger partial charge in [-0.1, -0.05) is 12.1 Å². The van der Waals surface area contributed by atoms with E-state index in [1.165, 1.54) is 9.13 Å². The topological polar surface area (TPSA) is 32.3 Å². The van der Waals surface area contributed by atoms with Crippen LogP contribution in [0.25, 0.3) is 0 Å². The van der Waals surface area contributed by atoms with Gasteiger partial charge in [0.2, 0.25) is 5.91 Å². The molecule has 0 spiro atoms. The van der Waals surface area contributed by atoms with E-state index in [4.69, 9.17) is 0 Å². The molecule has 1 aromatic carbocycles. The highest BCUT2D eigenvalue weighted by Gasteiger charge is 2.23. The number of halogens is 1. The molecule has 1 aliphatic rings. The summed E-state index contributed by atoms with van der Waals surface area (Å²) in [5.74, 6) is 0.409. The summed E-state index contributed by atoms with van der Waals surface area (Å²) in [5, 5.41) is 2.75. The maximum Gasteiger partial charge on any atom is 0.222 e. The number of amides is 1. The van der Waals surface area contributed by atoms with Crippen LogP contribution >= 0.6 is 22.6 Å². The summed E-state index contributed by atoms with van der Waals surface area (Å²) in [4.78, 5) is 14.0. The Balaban J connectivity index is 1.83. The average Bonchev–Trinajstić information content (AvgIpc) is 2.41. The van der Waals surface area contributed by atoms with Gasteiger partial charge in [0.15, 0.2) is 0 Å². The molecule has 2 rings (SSSR count). The van der Waals surface area contributed by atoms with E-state index >= 15 is 0 Å². The van der Waals surface area contributed by atoms with Crippen molar-refractivity contribution in [3.63, 3.8) is 0 Å². The first kappa shape index (κ1) is 13.8. The van der Waals surface area contributed by atoms with Crippen LogP contribution in [0.1, 0.15) is 18.4 Å². The zero-order valence-corrected chi connectivity index (χ0v) is 12.8. The average molecular weight is 358 g/mol. The van der Waals surface area contributed by atoms with Crippen molar-refractivity contribution in [1.82, 2.24) is 10.2 Å². The van der Waals surface area contributed by atoms with Gasteiger partial charge >= 0.3 is 0 Å². The van der Waals surface area contributed by atoms with Crippen molar-refractivity contribution >= 4 is 28.5 Å². The molecule has 4 heteroatoms. The second kappa shape index (κ2) is 6.52. The molecule has 1 aromatic rings. The number of carbonyl (C=O) groups excluding carboxylic acids is 1. The predicted molar refractivity (Wildman–Crippen MR) is 81.2 cm³/mol. The van der Waals surface area contributed by atoms with Crippen molar-refractivity contribution < 1.29 is 4.79 Å². The minimum absolute atomic E-state index is 0.198. The van der Waals surface area contributed by atoms with Crippen molar-refractivity contribution in [1.29, 1.82) is 0 Å². The third-order valence-corrected chi connectivity index (χ3v) is 4.24. The molecule has 1 amide bonds. The summed E-state index contributed by atoms with van der Waals surface area (Å²) in [5.41, 5.74) is 1.36. The number of nitrogens with zero attached hydrogens (tertiary/aromatic N) is 1. The van der Waals surface area contributed by atoms with E-state index in [1.54, 1.807) is 7.05 Å². The number of hydrogen-bond acceptors (Lipinski definition) is 2. The maximum absolute atomic E-state index is 11.5. The lowest BCUT2D eigenvalue weighted by molar-refractivity contribution is -0.125. The maximum atomic E-state index is 11.5. The van der Waals surface area contributed by atoms with E-state index in [0.29, 0.717) is 0 Å². The van der Waals surface area contributed by atoms with Crippen molar-refractivity contribution in [2.75, 3.05) is 20.1 Å². The van der Waals surface area contributed by atoms with Gasteiger partial charge in [-0.3, -0.25) is 9.69 Å². The molecule has 0 radical (unpaired) electrons. The number of benzene rings is 1. The van der Waals surface area contributed by atoms with Gasteiger partial charge in [0.1, 0.15) is 0 Å². The number of carbonyl (C=O) groups is 1. The van der Waals surface area contributed by atoms with E-state index < -0.39 is 0 Å². The van der Waals surface area contributed by atoms with Crippen LogP contribution in [-0.2, 0) is 11.3 Å². The number of rotatable bonds is 3. The highest BCUT2D eigenvalue weighted by molar-refractivity contribution is 14.1. The molecule has 3 nitrogen and oxygen atoms in total. The van der Waals surface area contributed by atoms with Crippen LogP contribution in [0.3, 0.4) is 0 Å². The molecule has 0 bridgehead atoms. The van der Waals surface area contributed by atoms with Gasteiger partial charge in [-0.2, -0.15) is 0 Å². The third-order valence-electron chi connectivity index (χ3n) is 3.52. The highest BCUT2D eigenvalue weighted by Crippen LogP contribution is 2.19. The second-order valence-electron chi connectivity index (χ2n) is 4.79. The Hall–Kier alpha value is -0.620. The molecule has 0 saturated carbocycles. The predicted octanol–water partition coefficient (Wildman–Crippen LogP) is 2.25. The standard InChI is InChI=1S/C14H19IN2O/c1-16-14(18)12-6-8-17(9-7-12)10-11-2-4-13(15)5-3-11/h2-5,12H,6-10H2,1H3,(H,16,18). The first-order chi connectivity index (χ1) is 8.69. The number of piperidine rings is 1. The molecular weight excluding hydrogens is 339 g/mol. The van der Waals surface area contributed by atoms with E-state index in [2.05, 4.69) is 57.1 Å². The van der Waals surface area contributed by atoms with Crippen LogP contribution in [0.15, 0.2) is 24.3 Å². The van der Waals surface area contributed by atoms with Crippen LogP contribution in [0.5, 0.6) is 0 Å². The monoisotopic (exact) mass is 358 g/mol. The molecule has 98 valence electrons. The third kappa shape index (κ3) is 3.68. The molecule has 1 heterocycles. The fraction of sp³-hybridized carbons (Fsp3) is 0.500. The van der Waals surface area contributed by atoms with Crippen LogP contribution in [0.2, 0.25) is 0 Å². The summed E-state index contributed by atoms with van der Waals surface area (Å²) in [6.07, 6.45) is 1.95. The number of hydrogen-bond donors (Lipinski definition) is 1. The molecule has 0 aromatic heterocycles. The van der Waals surface area contributed by atoms with Crippen molar-refractivity contribution in [2.24, 2.45) is 5.92 Å². The van der Waals surface area contributed by atoms with Crippen LogP contribution in [0, 0.1) is 9.49 Å². The van der Waals surface area contributed by atoms with Crippen molar-refractivity contribution in [3.05, 3.63) is 33.4 Å². The normalized spacial score (nSPS) is 17.7. The Morgan fingerprint density at radius 2 is 1.94 bits per heavy atom. The lowest BCUT2D eigenvalue weighted by Crippen LogP contribution is -2.39. The smallest absolute Gasteiger partial charge is 0.222 e. The molecule has 18 heavy (non-hydrogen) atoms. The SMILES string of the molecule is CNC(=O)C1CCN(Cc2ccc(I)cc2)CC1. The minimum Gasteiger partial charge on any atom is -0.359 e. The first-order valence-electron chi connectivity index (χ1n) is 6.37. The van der Waals surface area contributed by atoms with E-state index in [1.807, 2.05) is 0 Å². The first-order valence-corrected chi connectivity index (χ1v) is 7.45. The largest absolute Gasteiger partial charge is 0.359 e. The summed E-state index contributed by atoms with van der Waals surface area (Å²) in [6.45, 7) is 3.03. The summed E-state index contributed by atoms with van der Waals surface area (Å²) in [7, 11) is 1.72. The number of likely N-dealkylation sites (tertiary alicyclic amines) is 1. The van der Waals surface area contributed by atoms with Crippen molar-refractivity contribution in [3.8, 4) is 0 Å². The molecule has 0 unspecified atom stereocenters. The molecular formula is C14H19IN2O. The Morgan fingerprint density at radius 1 is 1.33 bits per heavy atom. The molecule has 1 N–H and O–H groups in total. The van der Waals surface area contributed by atoms with Crippen molar-refractivity contribution in [2.45, 2.75) is 19.4 Å². The van der Waals surface area contributed by atoms with Gasteiger partial charge in [0, 0.05) is 23.1 Å². The van der Waals surface area contributed by atoms with E-state index in [0.717, 1.165) is 32.5 Å². The Bertz CT molecular complexity index is 397. The van der Waals surface area contributed by atoms with Crippen LogP contribution in [-0.4, -0.2) is 30.9 Å². The summed E-state index contributed by atoms with van der Waals surface area (Å²) < 4.78 is 1.27. The second-order valence-corrected chi connectivity index (χ2v) is 6.04. The lowest BCUT2D eigenvalue weighted by atomic mass is 9.95. The Kier molecular flexibility index (Phi) is 5.00. The van der Waals surface area contributed by atoms with Crippen LogP contribution in [0.4, 0.5) is 0 Å². The molecule has 1 fully saturated rings. The fourth-order valence-corrected chi connectivity index (χ4v) is 2.76. The highest BCUT2D eigenvalue weighted by atomic mass is 127. The van der Waals surface area contributed by atoms with Gasteiger partial charge in [-0.25, -0.2) is 0 Å². The zero-order chi connectivity index (χ0) is 13.0. The van der Waals surface area contributed by atoms with Gasteiger partial charge in [0.25, 0.3) is 0 Å². The summed E-state index contributed by atoms with van der Waals surface area (Å²) >= 11 is 2.32. The zero-order valence-electron chi connectivity index (χ0n) is 10.7. The Labute approximate surface area is 122 Å². The van der Waals surface area contributed by atoms with E-state index in [9.17, 15) is 4.79 Å².